The summed E-state index contributed by atoms with van der Waals surface area (Å²) >= 11 is 6.22. The van der Waals surface area contributed by atoms with Crippen LogP contribution in [0, 0.1) is 0 Å². The second-order valence-corrected chi connectivity index (χ2v) is 6.80. The molecular formula is C19H15NO3S2. The molecule has 1 amide bonds. The first-order valence-electron chi connectivity index (χ1n) is 7.47. The predicted octanol–water partition coefficient (Wildman–Crippen LogP) is 4.53. The number of carbonyl (C=O) groups is 1. The summed E-state index contributed by atoms with van der Waals surface area (Å²) in [6, 6.07) is 15.1. The number of nitrogens with one attached hydrogen (secondary N) is 1. The maximum atomic E-state index is 11.6. The van der Waals surface area contributed by atoms with Crippen molar-refractivity contribution in [3.63, 3.8) is 0 Å². The highest BCUT2D eigenvalue weighted by Crippen LogP contribution is 2.25. The van der Waals surface area contributed by atoms with Gasteiger partial charge in [0.2, 0.25) is 0 Å². The molecule has 0 unspecified atom stereocenters. The van der Waals surface area contributed by atoms with Crippen LogP contribution in [0.4, 0.5) is 0 Å². The topological polar surface area (TPSA) is 47.6 Å². The van der Waals surface area contributed by atoms with Crippen LogP contribution in [0.1, 0.15) is 5.56 Å². The number of benzene rings is 2. The van der Waals surface area contributed by atoms with E-state index in [1.807, 2.05) is 60.7 Å². The van der Waals surface area contributed by atoms with Gasteiger partial charge in [0, 0.05) is 0 Å². The molecule has 1 aliphatic heterocycles. The van der Waals surface area contributed by atoms with Crippen LogP contribution in [0.5, 0.6) is 17.2 Å². The van der Waals surface area contributed by atoms with E-state index < -0.39 is 0 Å². The van der Waals surface area contributed by atoms with Gasteiger partial charge >= 0.3 is 0 Å². The molecule has 1 N–H and O–H groups in total. The molecule has 0 bridgehead atoms. The Morgan fingerprint density at radius 1 is 1.08 bits per heavy atom. The molecule has 1 heterocycles. The van der Waals surface area contributed by atoms with Gasteiger partial charge in [-0.1, -0.05) is 48.3 Å². The lowest BCUT2D eigenvalue weighted by Crippen LogP contribution is -2.17. The van der Waals surface area contributed by atoms with Gasteiger partial charge in [-0.05, 0) is 48.0 Å². The fourth-order valence-corrected chi connectivity index (χ4v) is 3.14. The standard InChI is InChI=1S/C19H15NO3S2/c1-22-14-8-10-15(11-9-14)23-16-6-2-4-13(12-16)5-3-7-17-18(21)20-19(24)25-17/h2-12H,1H3,(H,20,21,24). The molecule has 0 atom stereocenters. The largest absolute Gasteiger partial charge is 0.497 e. The Hall–Kier alpha value is -2.57. The zero-order chi connectivity index (χ0) is 17.6. The van der Waals surface area contributed by atoms with Crippen molar-refractivity contribution in [1.82, 2.24) is 5.32 Å². The highest BCUT2D eigenvalue weighted by Gasteiger charge is 2.20. The van der Waals surface area contributed by atoms with E-state index in [2.05, 4.69) is 5.32 Å². The maximum Gasteiger partial charge on any atom is 0.263 e. The third kappa shape index (κ3) is 4.71. The predicted molar refractivity (Wildman–Crippen MR) is 105 cm³/mol. The van der Waals surface area contributed by atoms with Crippen LogP contribution < -0.4 is 14.8 Å². The highest BCUT2D eigenvalue weighted by molar-refractivity contribution is 8.26. The molecule has 1 fully saturated rings. The average Bonchev–Trinajstić information content (AvgIpc) is 2.93. The van der Waals surface area contributed by atoms with Crippen LogP contribution in [0.2, 0.25) is 0 Å². The van der Waals surface area contributed by atoms with Gasteiger partial charge < -0.3 is 14.8 Å². The molecule has 3 rings (SSSR count). The first-order valence-corrected chi connectivity index (χ1v) is 8.70. The van der Waals surface area contributed by atoms with Crippen LogP contribution in [-0.2, 0) is 4.79 Å². The van der Waals surface area contributed by atoms with Gasteiger partial charge in [-0.2, -0.15) is 0 Å². The van der Waals surface area contributed by atoms with E-state index in [-0.39, 0.29) is 5.91 Å². The molecule has 0 spiro atoms. The van der Waals surface area contributed by atoms with E-state index in [1.54, 1.807) is 13.2 Å². The summed E-state index contributed by atoms with van der Waals surface area (Å²) in [6.45, 7) is 0. The van der Waals surface area contributed by atoms with Gasteiger partial charge in [0.1, 0.15) is 21.6 Å². The van der Waals surface area contributed by atoms with Gasteiger partial charge in [-0.15, -0.1) is 0 Å². The van der Waals surface area contributed by atoms with Gasteiger partial charge in [-0.25, -0.2) is 0 Å². The number of allylic oxidation sites excluding steroid dienone is 2. The summed E-state index contributed by atoms with van der Waals surface area (Å²) in [6.07, 6.45) is 5.47. The van der Waals surface area contributed by atoms with E-state index in [1.165, 1.54) is 11.8 Å². The van der Waals surface area contributed by atoms with Gasteiger partial charge in [0.15, 0.2) is 0 Å². The number of thiocarbonyl (C=S) groups is 1. The van der Waals surface area contributed by atoms with E-state index in [4.69, 9.17) is 21.7 Å². The third-order valence-electron chi connectivity index (χ3n) is 3.33. The molecule has 4 nitrogen and oxygen atoms in total. The number of methoxy groups -OCH3 is 1. The molecule has 1 aliphatic rings. The number of ether oxygens (including phenoxy) is 2. The molecule has 126 valence electrons. The molecular weight excluding hydrogens is 354 g/mol. The minimum absolute atomic E-state index is 0.156. The van der Waals surface area contributed by atoms with Crippen molar-refractivity contribution >= 4 is 40.3 Å². The van der Waals surface area contributed by atoms with Crippen molar-refractivity contribution in [3.05, 3.63) is 71.2 Å². The highest BCUT2D eigenvalue weighted by atomic mass is 32.2. The Bertz CT molecular complexity index is 857. The van der Waals surface area contributed by atoms with E-state index in [9.17, 15) is 4.79 Å². The summed E-state index contributed by atoms with van der Waals surface area (Å²) in [5, 5.41) is 2.58. The maximum absolute atomic E-state index is 11.6. The van der Waals surface area contributed by atoms with E-state index >= 15 is 0 Å². The lowest BCUT2D eigenvalue weighted by Gasteiger charge is -2.07. The summed E-state index contributed by atoms with van der Waals surface area (Å²) in [7, 11) is 1.63. The Morgan fingerprint density at radius 3 is 2.52 bits per heavy atom. The van der Waals surface area contributed by atoms with E-state index in [0.717, 1.165) is 22.8 Å². The number of thioether (sulfide) groups is 1. The van der Waals surface area contributed by atoms with Crippen molar-refractivity contribution in [2.75, 3.05) is 7.11 Å². The number of hydrogen-bond donors (Lipinski definition) is 1. The molecule has 6 heteroatoms. The van der Waals surface area contributed by atoms with Crippen molar-refractivity contribution < 1.29 is 14.3 Å². The van der Waals surface area contributed by atoms with Crippen LogP contribution in [0.15, 0.2) is 65.6 Å². The molecule has 2 aromatic carbocycles. The monoisotopic (exact) mass is 369 g/mol. The minimum Gasteiger partial charge on any atom is -0.497 e. The smallest absolute Gasteiger partial charge is 0.263 e. The van der Waals surface area contributed by atoms with Crippen LogP contribution in [-0.4, -0.2) is 17.3 Å². The zero-order valence-corrected chi connectivity index (χ0v) is 15.0. The van der Waals surface area contributed by atoms with Crippen LogP contribution in [0.25, 0.3) is 6.08 Å². The summed E-state index contributed by atoms with van der Waals surface area (Å²) < 4.78 is 11.5. The van der Waals surface area contributed by atoms with Crippen LogP contribution >= 0.6 is 24.0 Å². The fourth-order valence-electron chi connectivity index (χ4n) is 2.14. The second-order valence-electron chi connectivity index (χ2n) is 5.08. The molecule has 0 saturated carbocycles. The van der Waals surface area contributed by atoms with E-state index in [0.29, 0.717) is 9.23 Å². The normalized spacial score (nSPS) is 15.6. The summed E-state index contributed by atoms with van der Waals surface area (Å²) in [5.41, 5.74) is 0.967. The number of amides is 1. The van der Waals surface area contributed by atoms with Gasteiger partial charge in [0.25, 0.3) is 5.91 Å². The first-order chi connectivity index (χ1) is 12.1. The number of hydrogen-bond acceptors (Lipinski definition) is 5. The van der Waals surface area contributed by atoms with Crippen molar-refractivity contribution in [2.45, 2.75) is 0 Å². The minimum atomic E-state index is -0.156. The van der Waals surface area contributed by atoms with Crippen LogP contribution in [0.3, 0.4) is 0 Å². The number of rotatable bonds is 5. The average molecular weight is 369 g/mol. The van der Waals surface area contributed by atoms with Gasteiger partial charge in [0.05, 0.1) is 12.0 Å². The quantitative estimate of drug-likeness (QED) is 0.620. The first kappa shape index (κ1) is 17.3. The molecule has 25 heavy (non-hydrogen) atoms. The zero-order valence-electron chi connectivity index (χ0n) is 13.4. The molecule has 0 radical (unpaired) electrons. The second kappa shape index (κ2) is 8.00. The van der Waals surface area contributed by atoms with Crippen molar-refractivity contribution in [1.29, 1.82) is 0 Å². The number of carbonyl (C=O) groups excluding carboxylic acids is 1. The fraction of sp³-hybridized carbons (Fsp3) is 0.0526. The molecule has 2 aromatic rings. The molecule has 1 saturated heterocycles. The van der Waals surface area contributed by atoms with Gasteiger partial charge in [-0.3, -0.25) is 4.79 Å². The lowest BCUT2D eigenvalue weighted by molar-refractivity contribution is -0.115. The Kier molecular flexibility index (Phi) is 5.53. The Labute approximate surface area is 155 Å². The summed E-state index contributed by atoms with van der Waals surface area (Å²) in [4.78, 5) is 12.2. The summed E-state index contributed by atoms with van der Waals surface area (Å²) in [5.74, 6) is 2.09. The molecule has 0 aromatic heterocycles. The lowest BCUT2D eigenvalue weighted by atomic mass is 10.2. The van der Waals surface area contributed by atoms with Crippen molar-refractivity contribution in [2.24, 2.45) is 0 Å². The Balaban J connectivity index is 1.68. The van der Waals surface area contributed by atoms with Crippen molar-refractivity contribution in [3.8, 4) is 17.2 Å². The third-order valence-corrected chi connectivity index (χ3v) is 4.51. The Morgan fingerprint density at radius 2 is 1.84 bits per heavy atom. The molecule has 0 aliphatic carbocycles. The SMILES string of the molecule is COc1ccc(Oc2cccc(C=CC=C3SC(=S)NC3=O)c2)cc1.